The monoisotopic (exact) mass is 512 g/mol. The maximum Gasteiger partial charge on any atom is 0.143 e. The SMILES string of the molecule is COCCN1CCOc2cc(CO[C@H]3CNCC[C@]34Cc3cccc(COCC(C)OC)c3O4)ccc21. The Kier molecular flexibility index (Phi) is 8.52. The van der Waals surface area contributed by atoms with Gasteiger partial charge in [0.2, 0.25) is 0 Å². The van der Waals surface area contributed by atoms with Gasteiger partial charge in [-0.05, 0) is 36.7 Å². The van der Waals surface area contributed by atoms with Crippen molar-refractivity contribution >= 4 is 5.69 Å². The number of para-hydroxylation sites is 1. The average Bonchev–Trinajstić information content (AvgIpc) is 3.30. The van der Waals surface area contributed by atoms with Crippen molar-refractivity contribution in [3.8, 4) is 11.5 Å². The minimum absolute atomic E-state index is 0.0636. The molecule has 1 saturated heterocycles. The van der Waals surface area contributed by atoms with Crippen LogP contribution in [-0.2, 0) is 38.6 Å². The molecule has 0 radical (unpaired) electrons. The van der Waals surface area contributed by atoms with Gasteiger partial charge in [-0.15, -0.1) is 0 Å². The van der Waals surface area contributed by atoms with E-state index in [1.165, 1.54) is 5.56 Å². The fraction of sp³-hybridized carbons (Fsp3) is 0.586. The van der Waals surface area contributed by atoms with Gasteiger partial charge in [-0.3, -0.25) is 0 Å². The van der Waals surface area contributed by atoms with Gasteiger partial charge in [0.1, 0.15) is 29.8 Å². The quantitative estimate of drug-likeness (QED) is 0.492. The molecule has 3 atom stereocenters. The van der Waals surface area contributed by atoms with Crippen LogP contribution in [0.2, 0.25) is 0 Å². The number of piperidine rings is 1. The minimum Gasteiger partial charge on any atom is -0.490 e. The molecule has 1 unspecified atom stereocenters. The fourth-order valence-electron chi connectivity index (χ4n) is 5.44. The van der Waals surface area contributed by atoms with Crippen molar-refractivity contribution in [3.05, 3.63) is 53.1 Å². The second-order valence-corrected chi connectivity index (χ2v) is 10.2. The number of hydrogen-bond donors (Lipinski definition) is 1. The molecule has 8 nitrogen and oxygen atoms in total. The van der Waals surface area contributed by atoms with Crippen LogP contribution in [0.4, 0.5) is 5.69 Å². The van der Waals surface area contributed by atoms with Gasteiger partial charge in [-0.1, -0.05) is 24.3 Å². The van der Waals surface area contributed by atoms with Gasteiger partial charge < -0.3 is 38.6 Å². The molecule has 0 amide bonds. The Hall–Kier alpha value is -2.36. The smallest absolute Gasteiger partial charge is 0.143 e. The molecule has 0 bridgehead atoms. The number of nitrogens with zero attached hydrogens (tertiary/aromatic N) is 1. The summed E-state index contributed by atoms with van der Waals surface area (Å²) in [6.07, 6.45) is 1.74. The van der Waals surface area contributed by atoms with Gasteiger partial charge in [-0.25, -0.2) is 0 Å². The van der Waals surface area contributed by atoms with Crippen LogP contribution in [0.5, 0.6) is 11.5 Å². The van der Waals surface area contributed by atoms with Gasteiger partial charge >= 0.3 is 0 Å². The first-order valence-electron chi connectivity index (χ1n) is 13.3. The number of nitrogens with one attached hydrogen (secondary N) is 1. The molecule has 202 valence electrons. The largest absolute Gasteiger partial charge is 0.490 e. The van der Waals surface area contributed by atoms with Crippen LogP contribution >= 0.6 is 0 Å². The molecule has 0 saturated carbocycles. The highest BCUT2D eigenvalue weighted by atomic mass is 16.6. The van der Waals surface area contributed by atoms with Crippen molar-refractivity contribution in [1.29, 1.82) is 0 Å². The zero-order chi connectivity index (χ0) is 25.7. The summed E-state index contributed by atoms with van der Waals surface area (Å²) in [4.78, 5) is 2.31. The molecule has 8 heteroatoms. The average molecular weight is 513 g/mol. The molecular formula is C29H40N2O6. The first-order chi connectivity index (χ1) is 18.1. The lowest BCUT2D eigenvalue weighted by Gasteiger charge is -2.40. The molecule has 0 aromatic heterocycles. The predicted molar refractivity (Wildman–Crippen MR) is 142 cm³/mol. The molecule has 1 spiro atoms. The number of fused-ring (bicyclic) bond motifs is 2. The maximum absolute atomic E-state index is 6.77. The lowest BCUT2D eigenvalue weighted by Crippen LogP contribution is -2.58. The topological polar surface area (TPSA) is 70.7 Å². The molecule has 1 fully saturated rings. The number of hydrogen-bond acceptors (Lipinski definition) is 8. The van der Waals surface area contributed by atoms with E-state index in [2.05, 4.69) is 46.6 Å². The van der Waals surface area contributed by atoms with Crippen LogP contribution in [0.3, 0.4) is 0 Å². The number of rotatable bonds is 11. The third-order valence-corrected chi connectivity index (χ3v) is 7.63. The summed E-state index contributed by atoms with van der Waals surface area (Å²) in [7, 11) is 3.44. The second-order valence-electron chi connectivity index (χ2n) is 10.2. The Balaban J connectivity index is 1.25. The highest BCUT2D eigenvalue weighted by Crippen LogP contribution is 2.43. The summed E-state index contributed by atoms with van der Waals surface area (Å²) in [5.74, 6) is 1.87. The number of anilines is 1. The summed E-state index contributed by atoms with van der Waals surface area (Å²) in [5, 5.41) is 3.51. The Morgan fingerprint density at radius 1 is 1.19 bits per heavy atom. The van der Waals surface area contributed by atoms with E-state index >= 15 is 0 Å². The van der Waals surface area contributed by atoms with E-state index in [0.29, 0.717) is 33.0 Å². The fourth-order valence-corrected chi connectivity index (χ4v) is 5.44. The van der Waals surface area contributed by atoms with Crippen LogP contribution in [0.25, 0.3) is 0 Å². The lowest BCUT2D eigenvalue weighted by molar-refractivity contribution is -0.104. The van der Waals surface area contributed by atoms with Crippen LogP contribution in [-0.4, -0.2) is 78.0 Å². The highest BCUT2D eigenvalue weighted by molar-refractivity contribution is 5.61. The van der Waals surface area contributed by atoms with E-state index < -0.39 is 0 Å². The van der Waals surface area contributed by atoms with Crippen molar-refractivity contribution in [2.24, 2.45) is 0 Å². The molecule has 3 heterocycles. The first kappa shape index (κ1) is 26.3. The van der Waals surface area contributed by atoms with Crippen molar-refractivity contribution in [3.63, 3.8) is 0 Å². The first-order valence-corrected chi connectivity index (χ1v) is 13.3. The number of ether oxygens (including phenoxy) is 6. The number of methoxy groups -OCH3 is 2. The van der Waals surface area contributed by atoms with Crippen molar-refractivity contribution in [1.82, 2.24) is 5.32 Å². The van der Waals surface area contributed by atoms with Gasteiger partial charge in [0, 0.05) is 45.7 Å². The summed E-state index contributed by atoms with van der Waals surface area (Å²) in [6.45, 7) is 8.35. The molecule has 1 N–H and O–H groups in total. The Labute approximate surface area is 220 Å². The summed E-state index contributed by atoms with van der Waals surface area (Å²) in [6, 6.07) is 12.7. The molecule has 5 rings (SSSR count). The van der Waals surface area contributed by atoms with E-state index in [0.717, 1.165) is 67.3 Å². The zero-order valence-corrected chi connectivity index (χ0v) is 22.3. The Morgan fingerprint density at radius 3 is 2.97 bits per heavy atom. The summed E-state index contributed by atoms with van der Waals surface area (Å²) < 4.78 is 35.8. The second kappa shape index (κ2) is 12.0. The Morgan fingerprint density at radius 2 is 2.11 bits per heavy atom. The molecule has 2 aromatic carbocycles. The molecule has 3 aliphatic rings. The van der Waals surface area contributed by atoms with E-state index in [1.54, 1.807) is 14.2 Å². The predicted octanol–water partition coefficient (Wildman–Crippen LogP) is 3.34. The Bertz CT molecular complexity index is 1050. The normalized spacial score (nSPS) is 23.3. The van der Waals surface area contributed by atoms with Crippen LogP contribution < -0.4 is 19.7 Å². The van der Waals surface area contributed by atoms with Crippen LogP contribution in [0, 0.1) is 0 Å². The molecule has 3 aliphatic heterocycles. The third-order valence-electron chi connectivity index (χ3n) is 7.63. The van der Waals surface area contributed by atoms with E-state index in [9.17, 15) is 0 Å². The molecular weight excluding hydrogens is 472 g/mol. The van der Waals surface area contributed by atoms with Crippen LogP contribution in [0.15, 0.2) is 36.4 Å². The standard InChI is InChI=1S/C29H40N2O6/c1-21(33-3)18-34-20-24-6-4-5-23-16-29(37-28(23)24)9-10-30-17-27(29)36-19-22-7-8-25-26(15-22)35-14-12-31(25)11-13-32-2/h4-8,15,21,27,30H,9-14,16-20H2,1-3H3/t21?,27-,29-/m0/s1. The zero-order valence-electron chi connectivity index (χ0n) is 22.3. The lowest BCUT2D eigenvalue weighted by atomic mass is 9.85. The van der Waals surface area contributed by atoms with Crippen molar-refractivity contribution in [2.75, 3.05) is 65.1 Å². The van der Waals surface area contributed by atoms with E-state index in [1.807, 2.05) is 6.92 Å². The van der Waals surface area contributed by atoms with Gasteiger partial charge in [0.15, 0.2) is 0 Å². The molecule has 2 aromatic rings. The van der Waals surface area contributed by atoms with Gasteiger partial charge in [0.05, 0.1) is 44.8 Å². The summed E-state index contributed by atoms with van der Waals surface area (Å²) >= 11 is 0. The molecule has 37 heavy (non-hydrogen) atoms. The van der Waals surface area contributed by atoms with Crippen molar-refractivity contribution in [2.45, 2.75) is 50.8 Å². The molecule has 0 aliphatic carbocycles. The van der Waals surface area contributed by atoms with E-state index in [-0.39, 0.29) is 17.8 Å². The van der Waals surface area contributed by atoms with Gasteiger partial charge in [-0.2, -0.15) is 0 Å². The highest BCUT2D eigenvalue weighted by Gasteiger charge is 2.49. The van der Waals surface area contributed by atoms with Crippen molar-refractivity contribution < 1.29 is 28.4 Å². The minimum atomic E-state index is -0.370. The third kappa shape index (κ3) is 5.89. The number of benzene rings is 2. The van der Waals surface area contributed by atoms with Gasteiger partial charge in [0.25, 0.3) is 0 Å². The summed E-state index contributed by atoms with van der Waals surface area (Å²) in [5.41, 5.74) is 4.16. The van der Waals surface area contributed by atoms with E-state index in [4.69, 9.17) is 28.4 Å². The van der Waals surface area contributed by atoms with Crippen LogP contribution in [0.1, 0.15) is 30.0 Å². The maximum atomic E-state index is 6.77.